The van der Waals surface area contributed by atoms with E-state index >= 15 is 0 Å². The van der Waals surface area contributed by atoms with E-state index in [1.807, 2.05) is 24.3 Å². The molecule has 0 spiro atoms. The molecule has 1 aromatic heterocycles. The number of benzene rings is 1. The molecule has 0 aliphatic heterocycles. The largest absolute Gasteiger partial charge is 0.526 e. The number of hydrogen-bond donors (Lipinski definition) is 2. The zero-order chi connectivity index (χ0) is 11.8. The molecule has 0 bridgehead atoms. The molecular weight excluding hydrogens is 215 g/mol. The topological polar surface area (TPSA) is 53.6 Å². The average Bonchev–Trinajstić information content (AvgIpc) is 2.94. The lowest BCUT2D eigenvalue weighted by Crippen LogP contribution is -2.32. The molecule has 0 unspecified atom stereocenters. The Labute approximate surface area is 100 Å². The van der Waals surface area contributed by atoms with Crippen LogP contribution in [0.2, 0.25) is 0 Å². The maximum absolute atomic E-state index is 9.43. The van der Waals surface area contributed by atoms with Gasteiger partial charge in [-0.25, -0.2) is 0 Å². The third-order valence-electron chi connectivity index (χ3n) is 3.66. The summed E-state index contributed by atoms with van der Waals surface area (Å²) in [7, 11) is -1.52. The van der Waals surface area contributed by atoms with Crippen LogP contribution >= 0.6 is 0 Å². The molecule has 1 heterocycles. The molecule has 0 atom stereocenters. The summed E-state index contributed by atoms with van der Waals surface area (Å²) in [6.45, 7) is 0. The first-order valence-corrected chi connectivity index (χ1v) is 6.15. The van der Waals surface area contributed by atoms with E-state index in [2.05, 4.69) is 0 Å². The monoisotopic (exact) mass is 230 g/mol. The van der Waals surface area contributed by atoms with E-state index in [9.17, 15) is 10.0 Å². The summed E-state index contributed by atoms with van der Waals surface area (Å²) in [4.78, 5) is 0. The van der Waals surface area contributed by atoms with Gasteiger partial charge in [-0.05, 0) is 24.8 Å². The quantitative estimate of drug-likeness (QED) is 0.773. The van der Waals surface area contributed by atoms with Gasteiger partial charge in [-0.15, -0.1) is 0 Å². The molecule has 3 nitrogen and oxygen atoms in total. The van der Waals surface area contributed by atoms with E-state index < -0.39 is 7.12 Å². The van der Waals surface area contributed by atoms with Gasteiger partial charge in [0, 0.05) is 10.9 Å². The van der Waals surface area contributed by atoms with Crippen molar-refractivity contribution in [3.05, 3.63) is 29.8 Å². The predicted molar refractivity (Wildman–Crippen MR) is 67.2 cm³/mol. The number of fused-ring (bicyclic) bond motifs is 1. The number of para-hydroxylation sites is 1. The first kappa shape index (κ1) is 10.9. The van der Waals surface area contributed by atoms with Crippen LogP contribution in [0.4, 0.5) is 0 Å². The standard InChI is InChI=1S/C13H15BO3/c15-14(16)13-12(9-5-1-2-6-9)10-7-3-4-8-11(10)17-13/h3-4,7-9,15-16H,1-2,5-6H2. The van der Waals surface area contributed by atoms with Crippen molar-refractivity contribution >= 4 is 23.7 Å². The van der Waals surface area contributed by atoms with Crippen molar-refractivity contribution in [1.29, 1.82) is 0 Å². The zero-order valence-electron chi connectivity index (χ0n) is 9.60. The minimum absolute atomic E-state index is 0.332. The van der Waals surface area contributed by atoms with Gasteiger partial charge in [-0.1, -0.05) is 31.0 Å². The predicted octanol–water partition coefficient (Wildman–Crippen LogP) is 1.77. The van der Waals surface area contributed by atoms with Crippen molar-refractivity contribution < 1.29 is 14.5 Å². The highest BCUT2D eigenvalue weighted by molar-refractivity contribution is 6.58. The molecule has 4 heteroatoms. The second-order valence-electron chi connectivity index (χ2n) is 4.73. The second-order valence-corrected chi connectivity index (χ2v) is 4.73. The first-order chi connectivity index (χ1) is 8.27. The van der Waals surface area contributed by atoms with Crippen LogP contribution in [-0.2, 0) is 0 Å². The second kappa shape index (κ2) is 4.20. The lowest BCUT2D eigenvalue weighted by Gasteiger charge is -2.09. The van der Waals surface area contributed by atoms with Crippen LogP contribution in [0.3, 0.4) is 0 Å². The lowest BCUT2D eigenvalue weighted by atomic mass is 9.79. The molecule has 88 valence electrons. The van der Waals surface area contributed by atoms with Gasteiger partial charge in [0.1, 0.15) is 11.2 Å². The van der Waals surface area contributed by atoms with E-state index in [0.717, 1.165) is 29.4 Å². The van der Waals surface area contributed by atoms with Gasteiger partial charge in [0.25, 0.3) is 0 Å². The van der Waals surface area contributed by atoms with Crippen molar-refractivity contribution in [3.63, 3.8) is 0 Å². The van der Waals surface area contributed by atoms with Crippen LogP contribution < -0.4 is 5.66 Å². The van der Waals surface area contributed by atoms with Gasteiger partial charge in [0.05, 0.1) is 0 Å². The Kier molecular flexibility index (Phi) is 2.69. The fourth-order valence-electron chi connectivity index (χ4n) is 2.91. The summed E-state index contributed by atoms with van der Waals surface area (Å²) in [6.07, 6.45) is 4.66. The summed E-state index contributed by atoms with van der Waals surface area (Å²) in [5.41, 5.74) is 2.09. The normalized spacial score (nSPS) is 16.8. The minimum atomic E-state index is -1.52. The van der Waals surface area contributed by atoms with Crippen molar-refractivity contribution in [2.24, 2.45) is 0 Å². The molecule has 0 saturated heterocycles. The van der Waals surface area contributed by atoms with E-state index in [0.29, 0.717) is 11.6 Å². The Morgan fingerprint density at radius 1 is 1.12 bits per heavy atom. The van der Waals surface area contributed by atoms with Crippen LogP contribution in [0.1, 0.15) is 37.2 Å². The fraction of sp³-hybridized carbons (Fsp3) is 0.385. The lowest BCUT2D eigenvalue weighted by molar-refractivity contribution is 0.411. The molecule has 3 rings (SSSR count). The molecule has 17 heavy (non-hydrogen) atoms. The molecule has 0 radical (unpaired) electrons. The summed E-state index contributed by atoms with van der Waals surface area (Å²) in [6, 6.07) is 7.74. The molecule has 2 N–H and O–H groups in total. The molecule has 2 aromatic rings. The van der Waals surface area contributed by atoms with Gasteiger partial charge < -0.3 is 14.5 Å². The number of rotatable bonds is 2. The minimum Gasteiger partial charge on any atom is -0.464 e. The Morgan fingerprint density at radius 2 is 1.82 bits per heavy atom. The fourth-order valence-corrected chi connectivity index (χ4v) is 2.91. The van der Waals surface area contributed by atoms with E-state index in [4.69, 9.17) is 4.42 Å². The molecule has 1 fully saturated rings. The Bertz CT molecular complexity index is 526. The van der Waals surface area contributed by atoms with E-state index in [1.54, 1.807) is 0 Å². The third kappa shape index (κ3) is 1.77. The highest BCUT2D eigenvalue weighted by atomic mass is 16.4. The zero-order valence-corrected chi connectivity index (χ0v) is 9.60. The summed E-state index contributed by atoms with van der Waals surface area (Å²) in [5.74, 6) is 0.412. The smallest absolute Gasteiger partial charge is 0.464 e. The van der Waals surface area contributed by atoms with Crippen molar-refractivity contribution in [2.45, 2.75) is 31.6 Å². The Balaban J connectivity index is 2.20. The van der Waals surface area contributed by atoms with Crippen LogP contribution in [-0.4, -0.2) is 17.2 Å². The van der Waals surface area contributed by atoms with Gasteiger partial charge in [-0.2, -0.15) is 0 Å². The average molecular weight is 230 g/mol. The van der Waals surface area contributed by atoms with Crippen molar-refractivity contribution in [3.8, 4) is 0 Å². The third-order valence-corrected chi connectivity index (χ3v) is 3.66. The van der Waals surface area contributed by atoms with E-state index in [1.165, 1.54) is 12.8 Å². The maximum Gasteiger partial charge on any atom is 0.526 e. The summed E-state index contributed by atoms with van der Waals surface area (Å²) in [5, 5.41) is 19.9. The van der Waals surface area contributed by atoms with Crippen molar-refractivity contribution in [1.82, 2.24) is 0 Å². The molecular formula is C13H15BO3. The van der Waals surface area contributed by atoms with Crippen molar-refractivity contribution in [2.75, 3.05) is 0 Å². The first-order valence-electron chi connectivity index (χ1n) is 6.15. The Morgan fingerprint density at radius 3 is 2.53 bits per heavy atom. The highest BCUT2D eigenvalue weighted by Gasteiger charge is 2.30. The number of furan rings is 1. The summed E-state index contributed by atoms with van der Waals surface area (Å²) >= 11 is 0. The molecule has 1 aromatic carbocycles. The molecule has 1 aliphatic rings. The van der Waals surface area contributed by atoms with Crippen LogP contribution in [0, 0.1) is 0 Å². The van der Waals surface area contributed by atoms with Crippen LogP contribution in [0.5, 0.6) is 0 Å². The van der Waals surface area contributed by atoms with Gasteiger partial charge in [0.15, 0.2) is 0 Å². The molecule has 1 saturated carbocycles. The van der Waals surface area contributed by atoms with Gasteiger partial charge >= 0.3 is 7.12 Å². The molecule has 0 amide bonds. The summed E-state index contributed by atoms with van der Waals surface area (Å²) < 4.78 is 5.57. The SMILES string of the molecule is OB(O)c1oc2ccccc2c1C1CCCC1. The number of hydrogen-bond acceptors (Lipinski definition) is 3. The van der Waals surface area contributed by atoms with Gasteiger partial charge in [0.2, 0.25) is 0 Å². The van der Waals surface area contributed by atoms with Gasteiger partial charge in [-0.3, -0.25) is 0 Å². The van der Waals surface area contributed by atoms with Crippen LogP contribution in [0.25, 0.3) is 11.0 Å². The molecule has 1 aliphatic carbocycles. The van der Waals surface area contributed by atoms with Crippen LogP contribution in [0.15, 0.2) is 28.7 Å². The maximum atomic E-state index is 9.43. The highest BCUT2D eigenvalue weighted by Crippen LogP contribution is 2.37. The van der Waals surface area contributed by atoms with E-state index in [-0.39, 0.29) is 0 Å². The Hall–Kier alpha value is -1.26.